The molecule has 0 aliphatic carbocycles. The average Bonchev–Trinajstić information content (AvgIpc) is 2.59. The Bertz CT molecular complexity index is 779. The summed E-state index contributed by atoms with van der Waals surface area (Å²) in [5.74, 6) is 0.412. The Kier molecular flexibility index (Phi) is 6.63. The van der Waals surface area contributed by atoms with Crippen LogP contribution in [-0.2, 0) is 4.79 Å². The molecule has 2 N–H and O–H groups in total. The van der Waals surface area contributed by atoms with Crippen molar-refractivity contribution in [3.63, 3.8) is 0 Å². The molecule has 0 radical (unpaired) electrons. The summed E-state index contributed by atoms with van der Waals surface area (Å²) in [6, 6.07) is 12.4. The summed E-state index contributed by atoms with van der Waals surface area (Å²) in [7, 11) is 1.56. The van der Waals surface area contributed by atoms with E-state index in [1.54, 1.807) is 38.3 Å². The third-order valence-corrected chi connectivity index (χ3v) is 4.23. The topological polar surface area (TPSA) is 76.7 Å². The molecule has 2 rings (SSSR count). The number of hydrogen-bond donors (Lipinski definition) is 2. The van der Waals surface area contributed by atoms with Crippen LogP contribution >= 0.6 is 22.6 Å². The minimum absolute atomic E-state index is 0.415. The number of nitrogens with one attached hydrogen (secondary N) is 2. The summed E-state index contributed by atoms with van der Waals surface area (Å²) in [6.07, 6.45) is -0.752. The van der Waals surface area contributed by atoms with Crippen molar-refractivity contribution < 1.29 is 19.1 Å². The number of rotatable bonds is 5. The zero-order valence-corrected chi connectivity index (χ0v) is 16.3. The minimum atomic E-state index is -0.752. The van der Waals surface area contributed by atoms with Gasteiger partial charge in [-0.05, 0) is 72.3 Å². The molecule has 7 heteroatoms. The van der Waals surface area contributed by atoms with Crippen LogP contribution in [0.4, 0.5) is 0 Å². The second-order valence-electron chi connectivity index (χ2n) is 5.37. The average molecular weight is 454 g/mol. The first-order chi connectivity index (χ1) is 11.9. The number of carbonyl (C=O) groups excluding carboxylic acids is 2. The van der Waals surface area contributed by atoms with Gasteiger partial charge in [-0.1, -0.05) is 12.1 Å². The molecular weight excluding hydrogens is 435 g/mol. The number of amides is 2. The normalized spacial score (nSPS) is 11.4. The fraction of sp³-hybridized carbons (Fsp3) is 0.222. The maximum atomic E-state index is 12.1. The van der Waals surface area contributed by atoms with E-state index < -0.39 is 17.9 Å². The third kappa shape index (κ3) is 5.35. The van der Waals surface area contributed by atoms with Gasteiger partial charge in [-0.25, -0.2) is 0 Å². The van der Waals surface area contributed by atoms with Crippen molar-refractivity contribution in [3.05, 3.63) is 57.2 Å². The molecule has 0 saturated heterocycles. The lowest BCUT2D eigenvalue weighted by atomic mass is 10.2. The molecule has 0 aliphatic rings. The number of hydrogen-bond acceptors (Lipinski definition) is 4. The van der Waals surface area contributed by atoms with Crippen LogP contribution in [0.25, 0.3) is 0 Å². The van der Waals surface area contributed by atoms with Gasteiger partial charge in [0.2, 0.25) is 0 Å². The number of hydrazine groups is 1. The molecule has 0 heterocycles. The maximum Gasteiger partial charge on any atom is 0.279 e. The highest BCUT2D eigenvalue weighted by Gasteiger charge is 2.16. The van der Waals surface area contributed by atoms with E-state index in [4.69, 9.17) is 9.47 Å². The lowest BCUT2D eigenvalue weighted by Gasteiger charge is -2.15. The molecule has 0 aromatic heterocycles. The molecule has 0 bridgehead atoms. The van der Waals surface area contributed by atoms with Gasteiger partial charge in [0.05, 0.1) is 10.7 Å². The summed E-state index contributed by atoms with van der Waals surface area (Å²) in [6.45, 7) is 3.55. The highest BCUT2D eigenvalue weighted by molar-refractivity contribution is 14.1. The van der Waals surface area contributed by atoms with Crippen molar-refractivity contribution in [2.45, 2.75) is 20.0 Å². The predicted octanol–water partition coefficient (Wildman–Crippen LogP) is 2.84. The van der Waals surface area contributed by atoms with Crippen molar-refractivity contribution in [2.24, 2.45) is 0 Å². The molecule has 0 fully saturated rings. The van der Waals surface area contributed by atoms with E-state index in [0.29, 0.717) is 17.1 Å². The maximum absolute atomic E-state index is 12.1. The van der Waals surface area contributed by atoms with Crippen molar-refractivity contribution in [1.82, 2.24) is 10.9 Å². The molecule has 0 saturated carbocycles. The molecule has 2 amide bonds. The lowest BCUT2D eigenvalue weighted by Crippen LogP contribution is -2.47. The summed E-state index contributed by atoms with van der Waals surface area (Å²) < 4.78 is 11.5. The van der Waals surface area contributed by atoms with Gasteiger partial charge < -0.3 is 9.47 Å². The number of aryl methyl sites for hydroxylation is 1. The van der Waals surface area contributed by atoms with Gasteiger partial charge in [0.1, 0.15) is 11.5 Å². The van der Waals surface area contributed by atoms with E-state index in [0.717, 1.165) is 9.13 Å². The van der Waals surface area contributed by atoms with E-state index in [1.165, 1.54) is 0 Å². The van der Waals surface area contributed by atoms with Crippen LogP contribution < -0.4 is 20.3 Å². The van der Waals surface area contributed by atoms with Crippen LogP contribution in [0.1, 0.15) is 22.8 Å². The highest BCUT2D eigenvalue weighted by Crippen LogP contribution is 2.21. The van der Waals surface area contributed by atoms with E-state index >= 15 is 0 Å². The summed E-state index contributed by atoms with van der Waals surface area (Å²) in [5.41, 5.74) is 6.19. The third-order valence-electron chi connectivity index (χ3n) is 3.38. The second kappa shape index (κ2) is 8.70. The summed E-state index contributed by atoms with van der Waals surface area (Å²) in [4.78, 5) is 24.2. The SMILES string of the molecule is COc1ccc(C(=O)NNC(=O)C(C)Oc2cccc(C)c2)cc1I. The predicted molar refractivity (Wildman–Crippen MR) is 103 cm³/mol. The summed E-state index contributed by atoms with van der Waals surface area (Å²) in [5, 5.41) is 0. The van der Waals surface area contributed by atoms with Crippen molar-refractivity contribution >= 4 is 34.4 Å². The van der Waals surface area contributed by atoms with E-state index in [1.807, 2.05) is 25.1 Å². The number of methoxy groups -OCH3 is 1. The zero-order chi connectivity index (χ0) is 18.4. The number of ether oxygens (including phenoxy) is 2. The fourth-order valence-electron chi connectivity index (χ4n) is 2.05. The number of carbonyl (C=O) groups is 2. The first-order valence-corrected chi connectivity index (χ1v) is 8.65. The molecule has 1 atom stereocenters. The van der Waals surface area contributed by atoms with Crippen molar-refractivity contribution in [3.8, 4) is 11.5 Å². The van der Waals surface area contributed by atoms with Gasteiger partial charge in [-0.2, -0.15) is 0 Å². The standard InChI is InChI=1S/C18H19IN2O4/c1-11-5-4-6-14(9-11)25-12(2)17(22)20-21-18(23)13-7-8-16(24-3)15(19)10-13/h4-10,12H,1-3H3,(H,20,22)(H,21,23). The molecule has 2 aromatic carbocycles. The quantitative estimate of drug-likeness (QED) is 0.539. The van der Waals surface area contributed by atoms with Gasteiger partial charge in [0.25, 0.3) is 11.8 Å². The number of halogens is 1. The Morgan fingerprint density at radius 3 is 2.52 bits per heavy atom. The van der Waals surface area contributed by atoms with Gasteiger partial charge >= 0.3 is 0 Å². The smallest absolute Gasteiger partial charge is 0.279 e. The van der Waals surface area contributed by atoms with Crippen LogP contribution in [0, 0.1) is 10.5 Å². The number of benzene rings is 2. The molecule has 25 heavy (non-hydrogen) atoms. The van der Waals surface area contributed by atoms with E-state index in [9.17, 15) is 9.59 Å². The van der Waals surface area contributed by atoms with Crippen LogP contribution in [-0.4, -0.2) is 25.0 Å². The molecule has 0 spiro atoms. The molecular formula is C18H19IN2O4. The van der Waals surface area contributed by atoms with E-state index in [2.05, 4.69) is 33.4 Å². The van der Waals surface area contributed by atoms with Crippen LogP contribution in [0.15, 0.2) is 42.5 Å². The Labute approximate surface area is 160 Å². The second-order valence-corrected chi connectivity index (χ2v) is 6.53. The van der Waals surface area contributed by atoms with Gasteiger partial charge in [0.15, 0.2) is 6.10 Å². The molecule has 1 unspecified atom stereocenters. The Morgan fingerprint density at radius 2 is 1.88 bits per heavy atom. The van der Waals surface area contributed by atoms with Crippen molar-refractivity contribution in [1.29, 1.82) is 0 Å². The molecule has 0 aliphatic heterocycles. The summed E-state index contributed by atoms with van der Waals surface area (Å²) >= 11 is 2.07. The Balaban J connectivity index is 1.90. The van der Waals surface area contributed by atoms with Crippen LogP contribution in [0.2, 0.25) is 0 Å². The van der Waals surface area contributed by atoms with Crippen LogP contribution in [0.5, 0.6) is 11.5 Å². The highest BCUT2D eigenvalue weighted by atomic mass is 127. The Hall–Kier alpha value is -2.29. The van der Waals surface area contributed by atoms with Gasteiger partial charge in [-0.15, -0.1) is 0 Å². The monoisotopic (exact) mass is 454 g/mol. The molecule has 2 aromatic rings. The van der Waals surface area contributed by atoms with Gasteiger partial charge in [0, 0.05) is 5.56 Å². The van der Waals surface area contributed by atoms with Crippen LogP contribution in [0.3, 0.4) is 0 Å². The first kappa shape index (κ1) is 19.0. The Morgan fingerprint density at radius 1 is 1.12 bits per heavy atom. The zero-order valence-electron chi connectivity index (χ0n) is 14.1. The molecule has 6 nitrogen and oxygen atoms in total. The minimum Gasteiger partial charge on any atom is -0.496 e. The van der Waals surface area contributed by atoms with E-state index in [-0.39, 0.29) is 0 Å². The fourth-order valence-corrected chi connectivity index (χ4v) is 2.78. The lowest BCUT2D eigenvalue weighted by molar-refractivity contribution is -0.128. The largest absolute Gasteiger partial charge is 0.496 e. The van der Waals surface area contributed by atoms with Crippen molar-refractivity contribution in [2.75, 3.05) is 7.11 Å². The molecule has 132 valence electrons. The first-order valence-electron chi connectivity index (χ1n) is 7.57. The van der Waals surface area contributed by atoms with Gasteiger partial charge in [-0.3, -0.25) is 20.4 Å².